The van der Waals surface area contributed by atoms with Crippen LogP contribution in [-0.2, 0) is 0 Å². The maximum Gasteiger partial charge on any atom is 0.236 e. The number of amidine groups is 1. The third-order valence-electron chi connectivity index (χ3n) is 6.20. The van der Waals surface area contributed by atoms with Gasteiger partial charge in [-0.15, -0.1) is 5.10 Å². The highest BCUT2D eigenvalue weighted by molar-refractivity contribution is 7.10. The summed E-state index contributed by atoms with van der Waals surface area (Å²) in [6, 6.07) is 14.7. The van der Waals surface area contributed by atoms with E-state index in [0.29, 0.717) is 17.1 Å². The average Bonchev–Trinajstić information content (AvgIpc) is 3.27. The van der Waals surface area contributed by atoms with Gasteiger partial charge in [0, 0.05) is 29.7 Å². The molecule has 8 nitrogen and oxygen atoms in total. The predicted molar refractivity (Wildman–Crippen MR) is 145 cm³/mol. The van der Waals surface area contributed by atoms with Crippen LogP contribution in [0.3, 0.4) is 0 Å². The minimum Gasteiger partial charge on any atom is -0.382 e. The zero-order valence-electron chi connectivity index (χ0n) is 20.0. The lowest BCUT2D eigenvalue weighted by atomic mass is 9.92. The van der Waals surface area contributed by atoms with Crippen LogP contribution in [-0.4, -0.2) is 27.8 Å². The number of nitrogens with zero attached hydrogens (tertiary/aromatic N) is 5. The van der Waals surface area contributed by atoms with Crippen LogP contribution in [0.4, 0.5) is 16.5 Å². The Morgan fingerprint density at radius 2 is 2.00 bits per heavy atom. The van der Waals surface area contributed by atoms with Crippen LogP contribution in [0.5, 0.6) is 0 Å². The molecule has 0 saturated heterocycles. The Bertz CT molecular complexity index is 1190. The van der Waals surface area contributed by atoms with Crippen LogP contribution in [0.15, 0.2) is 52.8 Å². The summed E-state index contributed by atoms with van der Waals surface area (Å²) in [4.78, 5) is 6.88. The Morgan fingerprint density at radius 3 is 2.69 bits per heavy atom. The number of hydrogen-bond donors (Lipinski definition) is 3. The molecule has 1 aliphatic carbocycles. The molecule has 1 fully saturated rings. The lowest BCUT2D eigenvalue weighted by Crippen LogP contribution is -2.39. The van der Waals surface area contributed by atoms with Crippen molar-refractivity contribution in [3.8, 4) is 11.1 Å². The molecule has 0 unspecified atom stereocenters. The van der Waals surface area contributed by atoms with E-state index < -0.39 is 0 Å². The van der Waals surface area contributed by atoms with Crippen LogP contribution in [0.2, 0.25) is 5.28 Å². The Balaban J connectivity index is 1.82. The van der Waals surface area contributed by atoms with Gasteiger partial charge in [-0.3, -0.25) is 0 Å². The van der Waals surface area contributed by atoms with Gasteiger partial charge in [0.2, 0.25) is 10.4 Å². The van der Waals surface area contributed by atoms with E-state index in [2.05, 4.69) is 61.9 Å². The van der Waals surface area contributed by atoms with Crippen molar-refractivity contribution in [1.82, 2.24) is 9.36 Å². The minimum absolute atomic E-state index is 0.203. The van der Waals surface area contributed by atoms with Crippen molar-refractivity contribution in [2.24, 2.45) is 22.0 Å². The van der Waals surface area contributed by atoms with Gasteiger partial charge in [-0.1, -0.05) is 68.7 Å². The summed E-state index contributed by atoms with van der Waals surface area (Å²) in [7, 11) is 0. The van der Waals surface area contributed by atoms with Gasteiger partial charge in [-0.2, -0.15) is 14.9 Å². The molecule has 1 saturated carbocycles. The second kappa shape index (κ2) is 11.6. The molecule has 3 aromatic rings. The Morgan fingerprint density at radius 1 is 1.23 bits per heavy atom. The van der Waals surface area contributed by atoms with Crippen molar-refractivity contribution < 1.29 is 0 Å². The highest BCUT2D eigenvalue weighted by Gasteiger charge is 2.25. The van der Waals surface area contributed by atoms with E-state index in [1.807, 2.05) is 24.3 Å². The normalized spacial score (nSPS) is 14.8. The van der Waals surface area contributed by atoms with Gasteiger partial charge >= 0.3 is 0 Å². The third-order valence-corrected chi connectivity index (χ3v) is 7.10. The summed E-state index contributed by atoms with van der Waals surface area (Å²) in [5.41, 5.74) is 17.9. The monoisotopic (exact) mass is 510 g/mol. The molecule has 0 radical (unpaired) electrons. The first kappa shape index (κ1) is 25.1. The van der Waals surface area contributed by atoms with Crippen LogP contribution in [0, 0.1) is 11.4 Å². The first-order valence-electron chi connectivity index (χ1n) is 11.9. The van der Waals surface area contributed by atoms with Gasteiger partial charge in [-0.05, 0) is 53.6 Å². The lowest BCUT2D eigenvalue weighted by molar-refractivity contribution is 0.401. The van der Waals surface area contributed by atoms with Gasteiger partial charge in [0.05, 0.1) is 11.4 Å². The van der Waals surface area contributed by atoms with Crippen LogP contribution >= 0.6 is 23.1 Å². The molecule has 0 atom stereocenters. The summed E-state index contributed by atoms with van der Waals surface area (Å²) in [6.07, 6.45) is 6.23. The molecule has 0 bridgehead atoms. The van der Waals surface area contributed by atoms with Gasteiger partial charge in [-0.25, -0.2) is 0 Å². The van der Waals surface area contributed by atoms with E-state index in [9.17, 15) is 0 Å². The quantitative estimate of drug-likeness (QED) is 0.123. The zero-order chi connectivity index (χ0) is 24.8. The zero-order valence-corrected chi connectivity index (χ0v) is 21.6. The van der Waals surface area contributed by atoms with Crippen molar-refractivity contribution in [3.63, 3.8) is 0 Å². The molecule has 4 rings (SSSR count). The van der Waals surface area contributed by atoms with E-state index in [1.54, 1.807) is 0 Å². The molecule has 0 aliphatic heterocycles. The first-order chi connectivity index (χ1) is 17.0. The van der Waals surface area contributed by atoms with E-state index in [1.165, 1.54) is 43.6 Å². The van der Waals surface area contributed by atoms with Gasteiger partial charge in [0.15, 0.2) is 5.84 Å². The van der Waals surface area contributed by atoms with Gasteiger partial charge < -0.3 is 16.0 Å². The highest BCUT2D eigenvalue weighted by Crippen LogP contribution is 2.38. The topological polar surface area (TPSA) is 116 Å². The molecule has 1 heterocycles. The SMILES string of the molecule is CC(C)CN(c1ccc(-c2ccccc2/C(N)=N/N=N)cc1Nc1nc(Cl)ns1)C1CCCCC1. The van der Waals surface area contributed by atoms with Crippen molar-refractivity contribution in [2.45, 2.75) is 52.0 Å². The summed E-state index contributed by atoms with van der Waals surface area (Å²) >= 11 is 7.25. The maximum atomic E-state index is 7.07. The smallest absolute Gasteiger partial charge is 0.236 e. The third kappa shape index (κ3) is 6.15. The molecule has 0 amide bonds. The molecule has 35 heavy (non-hydrogen) atoms. The first-order valence-corrected chi connectivity index (χ1v) is 13.1. The fourth-order valence-corrected chi connectivity index (χ4v) is 5.45. The Kier molecular flexibility index (Phi) is 8.30. The number of benzene rings is 2. The number of anilines is 3. The molecule has 10 heteroatoms. The van der Waals surface area contributed by atoms with E-state index in [-0.39, 0.29) is 11.1 Å². The molecule has 1 aliphatic rings. The number of aromatic nitrogens is 2. The standard InChI is InChI=1S/C25H31ClN8S/c1-16(2)15-34(18-8-4-3-5-9-18)22-13-12-17(14-21(22)29-25-30-24(26)32-35-25)19-10-6-7-11-20(19)23(27)31-33-28/h6-7,10-14,16,18H,3-5,8-9,15H2,1-2H3,(H3,27,28,31)(H,29,30,32). The second-order valence-corrected chi connectivity index (χ2v) is 10.3. The highest BCUT2D eigenvalue weighted by atomic mass is 35.5. The molecule has 184 valence electrons. The number of nitrogens with two attached hydrogens (primary N) is 1. The fraction of sp³-hybridized carbons (Fsp3) is 0.400. The number of halogens is 1. The molecule has 0 spiro atoms. The second-order valence-electron chi connectivity index (χ2n) is 9.19. The van der Waals surface area contributed by atoms with Crippen molar-refractivity contribution >= 4 is 45.5 Å². The van der Waals surface area contributed by atoms with E-state index >= 15 is 0 Å². The van der Waals surface area contributed by atoms with Crippen molar-refractivity contribution in [1.29, 1.82) is 5.53 Å². The van der Waals surface area contributed by atoms with Crippen LogP contribution < -0.4 is 16.0 Å². The minimum atomic E-state index is 0.203. The Hall–Kier alpha value is -3.04. The molecule has 1 aromatic heterocycles. The van der Waals surface area contributed by atoms with Crippen molar-refractivity contribution in [2.75, 3.05) is 16.8 Å². The average molecular weight is 511 g/mol. The van der Waals surface area contributed by atoms with Crippen molar-refractivity contribution in [3.05, 3.63) is 53.3 Å². The fourth-order valence-electron chi connectivity index (χ4n) is 4.72. The molecular weight excluding hydrogens is 480 g/mol. The maximum absolute atomic E-state index is 7.07. The summed E-state index contributed by atoms with van der Waals surface area (Å²) in [5, 5.41) is 11.2. The number of nitrogens with one attached hydrogen (secondary N) is 2. The summed E-state index contributed by atoms with van der Waals surface area (Å²) in [6.45, 7) is 5.49. The van der Waals surface area contributed by atoms with Gasteiger partial charge in [0.1, 0.15) is 0 Å². The van der Waals surface area contributed by atoms with Crippen LogP contribution in [0.25, 0.3) is 11.1 Å². The number of rotatable bonds is 9. The largest absolute Gasteiger partial charge is 0.382 e. The molecular formula is C25H31ClN8S. The molecule has 4 N–H and O–H groups in total. The van der Waals surface area contributed by atoms with E-state index in [0.717, 1.165) is 34.6 Å². The lowest BCUT2D eigenvalue weighted by Gasteiger charge is -2.38. The molecule has 2 aromatic carbocycles. The van der Waals surface area contributed by atoms with Gasteiger partial charge in [0.25, 0.3) is 0 Å². The van der Waals surface area contributed by atoms with Crippen LogP contribution in [0.1, 0.15) is 51.5 Å². The predicted octanol–water partition coefficient (Wildman–Crippen LogP) is 7.05. The summed E-state index contributed by atoms with van der Waals surface area (Å²) in [5.74, 6) is 0.722. The number of hydrogen-bond acceptors (Lipinski definition) is 7. The summed E-state index contributed by atoms with van der Waals surface area (Å²) < 4.78 is 4.12. The van der Waals surface area contributed by atoms with E-state index in [4.69, 9.17) is 22.9 Å². The Labute approximate surface area is 215 Å².